The molecule has 0 saturated carbocycles. The first kappa shape index (κ1) is 15.5. The number of hydrogen-bond acceptors (Lipinski definition) is 4. The Bertz CT molecular complexity index is 1020. The molecule has 0 radical (unpaired) electrons. The molecule has 2 aromatic rings. The lowest BCUT2D eigenvalue weighted by molar-refractivity contribution is 0.578. The molecule has 3 rings (SSSR count). The van der Waals surface area contributed by atoms with Gasteiger partial charge in [-0.05, 0) is 19.9 Å². The highest BCUT2D eigenvalue weighted by atomic mass is 32.2. The van der Waals surface area contributed by atoms with Crippen molar-refractivity contribution in [1.82, 2.24) is 9.13 Å². The van der Waals surface area contributed by atoms with Crippen molar-refractivity contribution in [2.45, 2.75) is 31.8 Å². The Morgan fingerprint density at radius 3 is 2.22 bits per heavy atom. The summed E-state index contributed by atoms with van der Waals surface area (Å²) in [5.41, 5.74) is -0.244. The molecule has 122 valence electrons. The van der Waals surface area contributed by atoms with E-state index >= 15 is 0 Å². The molecule has 0 atom stereocenters. The summed E-state index contributed by atoms with van der Waals surface area (Å²) in [5.74, 6) is 0. The summed E-state index contributed by atoms with van der Waals surface area (Å²) >= 11 is 0. The predicted molar refractivity (Wildman–Crippen MR) is 87.3 cm³/mol. The van der Waals surface area contributed by atoms with Crippen molar-refractivity contribution in [1.29, 1.82) is 0 Å². The Balaban J connectivity index is 2.62. The zero-order valence-electron chi connectivity index (χ0n) is 13.1. The van der Waals surface area contributed by atoms with E-state index in [4.69, 9.17) is 0 Å². The number of hydrogen-bond donors (Lipinski definition) is 0. The Hall–Kier alpha value is -2.35. The molecule has 1 aliphatic heterocycles. The first-order valence-corrected chi connectivity index (χ1v) is 8.76. The minimum absolute atomic E-state index is 0.0204. The largest absolute Gasteiger partial charge is 0.331 e. The van der Waals surface area contributed by atoms with Gasteiger partial charge in [0.1, 0.15) is 5.69 Å². The third-order valence-electron chi connectivity index (χ3n) is 4.13. The maximum atomic E-state index is 12.7. The number of benzene rings is 1. The van der Waals surface area contributed by atoms with Crippen LogP contribution in [-0.2, 0) is 23.1 Å². The van der Waals surface area contributed by atoms with E-state index in [0.29, 0.717) is 17.8 Å². The molecular weight excluding hydrogens is 318 g/mol. The summed E-state index contributed by atoms with van der Waals surface area (Å²) in [5, 5.41) is 0. The molecule has 8 heteroatoms. The van der Waals surface area contributed by atoms with Crippen molar-refractivity contribution in [3.05, 3.63) is 45.1 Å². The van der Waals surface area contributed by atoms with Crippen LogP contribution in [0, 0.1) is 0 Å². The molecule has 1 aromatic heterocycles. The van der Waals surface area contributed by atoms with E-state index in [-0.39, 0.29) is 17.1 Å². The summed E-state index contributed by atoms with van der Waals surface area (Å²) in [6.07, 6.45) is 0. The number of rotatable bonds is 2. The molecule has 0 bridgehead atoms. The SMILES string of the molecule is CCn1c2c(c(=O)n(CC)c1=O)N(C)S(=O)(=O)c1ccccc1-2. The number of nitrogens with zero attached hydrogens (tertiary/aromatic N) is 3. The van der Waals surface area contributed by atoms with E-state index in [1.54, 1.807) is 32.0 Å². The standard InChI is InChI=1S/C15H17N3O4S/c1-4-17-12-10-8-6-7-9-11(10)23(21,22)16(3)13(12)14(19)18(5-2)15(17)20/h6-9H,4-5H2,1-3H3. The van der Waals surface area contributed by atoms with Gasteiger partial charge in [0, 0.05) is 25.7 Å². The number of sulfonamides is 1. The molecular formula is C15H17N3O4S. The van der Waals surface area contributed by atoms with Gasteiger partial charge in [-0.1, -0.05) is 18.2 Å². The molecule has 1 aliphatic rings. The highest BCUT2D eigenvalue weighted by Crippen LogP contribution is 2.39. The molecule has 0 unspecified atom stereocenters. The van der Waals surface area contributed by atoms with Crippen LogP contribution in [0.25, 0.3) is 11.3 Å². The van der Waals surface area contributed by atoms with Gasteiger partial charge in [0.15, 0.2) is 0 Å². The van der Waals surface area contributed by atoms with Crippen LogP contribution in [0.2, 0.25) is 0 Å². The lowest BCUT2D eigenvalue weighted by atomic mass is 10.1. The minimum Gasteiger partial charge on any atom is -0.291 e. The topological polar surface area (TPSA) is 81.4 Å². The van der Waals surface area contributed by atoms with Crippen LogP contribution in [0.5, 0.6) is 0 Å². The predicted octanol–water partition coefficient (Wildman–Crippen LogP) is 0.855. The summed E-state index contributed by atoms with van der Waals surface area (Å²) in [6.45, 7) is 3.99. The lowest BCUT2D eigenvalue weighted by Gasteiger charge is -2.30. The smallest absolute Gasteiger partial charge is 0.291 e. The maximum Gasteiger partial charge on any atom is 0.331 e. The second-order valence-electron chi connectivity index (χ2n) is 5.24. The molecule has 2 heterocycles. The molecule has 0 saturated heterocycles. The molecule has 1 aromatic carbocycles. The Morgan fingerprint density at radius 2 is 1.61 bits per heavy atom. The summed E-state index contributed by atoms with van der Waals surface area (Å²) in [7, 11) is -2.47. The van der Waals surface area contributed by atoms with Gasteiger partial charge in [-0.25, -0.2) is 13.2 Å². The lowest BCUT2D eigenvalue weighted by Crippen LogP contribution is -2.46. The zero-order chi connectivity index (χ0) is 16.9. The van der Waals surface area contributed by atoms with Gasteiger partial charge in [-0.3, -0.25) is 18.2 Å². The van der Waals surface area contributed by atoms with Gasteiger partial charge in [0.05, 0.1) is 10.6 Å². The molecule has 0 N–H and O–H groups in total. The number of fused-ring (bicyclic) bond motifs is 3. The van der Waals surface area contributed by atoms with Gasteiger partial charge in [-0.2, -0.15) is 0 Å². The van der Waals surface area contributed by atoms with Crippen molar-refractivity contribution < 1.29 is 8.42 Å². The molecule has 0 aliphatic carbocycles. The first-order chi connectivity index (χ1) is 10.9. The number of anilines is 1. The molecule has 0 amide bonds. The normalized spacial score (nSPS) is 15.2. The first-order valence-electron chi connectivity index (χ1n) is 7.32. The Labute approximate surface area is 133 Å². The van der Waals surface area contributed by atoms with E-state index in [0.717, 1.165) is 8.87 Å². The van der Waals surface area contributed by atoms with Crippen molar-refractivity contribution >= 4 is 15.7 Å². The molecule has 7 nitrogen and oxygen atoms in total. The third kappa shape index (κ3) is 1.91. The molecule has 0 fully saturated rings. The average molecular weight is 335 g/mol. The van der Waals surface area contributed by atoms with E-state index in [1.165, 1.54) is 17.7 Å². The maximum absolute atomic E-state index is 12.7. The van der Waals surface area contributed by atoms with Crippen molar-refractivity contribution in [2.75, 3.05) is 11.4 Å². The third-order valence-corrected chi connectivity index (χ3v) is 5.95. The summed E-state index contributed by atoms with van der Waals surface area (Å²) in [4.78, 5) is 25.3. The van der Waals surface area contributed by atoms with Crippen LogP contribution >= 0.6 is 0 Å². The second kappa shape index (κ2) is 5.09. The Kier molecular flexibility index (Phi) is 3.44. The zero-order valence-corrected chi connectivity index (χ0v) is 13.9. The van der Waals surface area contributed by atoms with Crippen LogP contribution in [-0.4, -0.2) is 24.6 Å². The van der Waals surface area contributed by atoms with Gasteiger partial charge >= 0.3 is 5.69 Å². The monoisotopic (exact) mass is 335 g/mol. The minimum atomic E-state index is -3.81. The highest BCUT2D eigenvalue weighted by molar-refractivity contribution is 7.93. The van der Waals surface area contributed by atoms with Crippen LogP contribution in [0.15, 0.2) is 38.8 Å². The van der Waals surface area contributed by atoms with Crippen LogP contribution in [0.4, 0.5) is 5.69 Å². The fourth-order valence-electron chi connectivity index (χ4n) is 2.97. The number of aromatic nitrogens is 2. The highest BCUT2D eigenvalue weighted by Gasteiger charge is 2.37. The van der Waals surface area contributed by atoms with Crippen LogP contribution in [0.3, 0.4) is 0 Å². The quantitative estimate of drug-likeness (QED) is 0.815. The van der Waals surface area contributed by atoms with E-state index in [1.807, 2.05) is 0 Å². The van der Waals surface area contributed by atoms with Crippen molar-refractivity contribution in [2.24, 2.45) is 0 Å². The second-order valence-corrected chi connectivity index (χ2v) is 7.18. The molecule has 0 spiro atoms. The average Bonchev–Trinajstić information content (AvgIpc) is 2.53. The van der Waals surface area contributed by atoms with Crippen LogP contribution in [0.1, 0.15) is 13.8 Å². The van der Waals surface area contributed by atoms with Crippen molar-refractivity contribution in [3.63, 3.8) is 0 Å². The van der Waals surface area contributed by atoms with Crippen LogP contribution < -0.4 is 15.6 Å². The van der Waals surface area contributed by atoms with E-state index in [2.05, 4.69) is 0 Å². The fourth-order valence-corrected chi connectivity index (χ4v) is 4.36. The van der Waals surface area contributed by atoms with Gasteiger partial charge in [-0.15, -0.1) is 0 Å². The van der Waals surface area contributed by atoms with Gasteiger partial charge < -0.3 is 0 Å². The van der Waals surface area contributed by atoms with E-state index < -0.39 is 21.3 Å². The van der Waals surface area contributed by atoms with E-state index in [9.17, 15) is 18.0 Å². The fraction of sp³-hybridized carbons (Fsp3) is 0.333. The summed E-state index contributed by atoms with van der Waals surface area (Å²) in [6, 6.07) is 6.43. The summed E-state index contributed by atoms with van der Waals surface area (Å²) < 4.78 is 28.9. The van der Waals surface area contributed by atoms with Crippen molar-refractivity contribution in [3.8, 4) is 11.3 Å². The Morgan fingerprint density at radius 1 is 1.00 bits per heavy atom. The van der Waals surface area contributed by atoms with Gasteiger partial charge in [0.25, 0.3) is 15.6 Å². The molecule has 23 heavy (non-hydrogen) atoms. The van der Waals surface area contributed by atoms with Gasteiger partial charge in [0.2, 0.25) is 0 Å².